The van der Waals surface area contributed by atoms with Crippen LogP contribution in [-0.2, 0) is 22.4 Å². The number of aromatic nitrogens is 3. The zero-order chi connectivity index (χ0) is 22.9. The summed E-state index contributed by atoms with van der Waals surface area (Å²) in [5.41, 5.74) is 1.53. The Balaban J connectivity index is 1.11. The topological polar surface area (TPSA) is 128 Å². The van der Waals surface area contributed by atoms with Gasteiger partial charge in [-0.1, -0.05) is 0 Å². The van der Waals surface area contributed by atoms with E-state index >= 15 is 0 Å². The van der Waals surface area contributed by atoms with E-state index in [1.165, 1.54) is 24.4 Å². The van der Waals surface area contributed by atoms with Crippen molar-refractivity contribution in [2.24, 2.45) is 5.92 Å². The second kappa shape index (κ2) is 8.77. The lowest BCUT2D eigenvalue weighted by Gasteiger charge is -2.18. The largest absolute Gasteiger partial charge is 0.481 e. The Hall–Kier alpha value is -3.54. The van der Waals surface area contributed by atoms with E-state index in [0.717, 1.165) is 5.56 Å². The quantitative estimate of drug-likeness (QED) is 0.586. The number of anilines is 2. The maximum atomic E-state index is 14.1. The molecule has 0 bridgehead atoms. The van der Waals surface area contributed by atoms with Crippen LogP contribution in [0.5, 0.6) is 11.8 Å². The van der Waals surface area contributed by atoms with Gasteiger partial charge in [0, 0.05) is 5.56 Å². The Morgan fingerprint density at radius 2 is 2.12 bits per heavy atom. The molecular formula is C21H23FN6O5. The van der Waals surface area contributed by atoms with E-state index in [9.17, 15) is 14.0 Å². The number of fused-ring (bicyclic) bond motifs is 2. The number of ether oxygens (including phenoxy) is 3. The zero-order valence-electron chi connectivity index (χ0n) is 18.0. The standard InChI is InChI=1S/C21H23FN6O5/c1-31-19-14-5-11(4-13(14)15(22)7-24-19)6-23-3-2-12-9-28(21(30)33-12)16-8-25-20-18(26-16)27-17(29)10-32-20/h7-8,11-12,23H,2-6,9-10H2,1H3,(H,26,27,29). The van der Waals surface area contributed by atoms with Gasteiger partial charge in [0.15, 0.2) is 18.2 Å². The number of nitrogens with zero attached hydrogens (tertiary/aromatic N) is 4. The number of amides is 2. The Bertz CT molecular complexity index is 1100. The fraction of sp³-hybridized carbons (Fsp3) is 0.476. The fourth-order valence-corrected chi connectivity index (χ4v) is 4.36. The van der Waals surface area contributed by atoms with Crippen LogP contribution in [0.15, 0.2) is 12.4 Å². The molecule has 0 aromatic carbocycles. The number of pyridine rings is 1. The summed E-state index contributed by atoms with van der Waals surface area (Å²) >= 11 is 0. The molecule has 2 aromatic heterocycles. The smallest absolute Gasteiger partial charge is 0.415 e. The summed E-state index contributed by atoms with van der Waals surface area (Å²) in [5.74, 6) is 0.805. The number of methoxy groups -OCH3 is 1. The van der Waals surface area contributed by atoms with Gasteiger partial charge in [-0.05, 0) is 43.8 Å². The Morgan fingerprint density at radius 1 is 1.27 bits per heavy atom. The molecule has 2 unspecified atom stereocenters. The number of nitrogens with one attached hydrogen (secondary N) is 2. The molecule has 174 valence electrons. The van der Waals surface area contributed by atoms with E-state index < -0.39 is 6.09 Å². The number of hydrogen-bond donors (Lipinski definition) is 2. The summed E-state index contributed by atoms with van der Waals surface area (Å²) < 4.78 is 30.0. The van der Waals surface area contributed by atoms with E-state index in [1.807, 2.05) is 0 Å². The summed E-state index contributed by atoms with van der Waals surface area (Å²) in [7, 11) is 1.54. The monoisotopic (exact) mass is 458 g/mol. The minimum absolute atomic E-state index is 0.117. The first-order chi connectivity index (χ1) is 16.0. The highest BCUT2D eigenvalue weighted by Crippen LogP contribution is 2.33. The Labute approximate surface area is 188 Å². The van der Waals surface area contributed by atoms with Crippen molar-refractivity contribution in [3.05, 3.63) is 29.3 Å². The van der Waals surface area contributed by atoms with E-state index in [0.29, 0.717) is 50.3 Å². The van der Waals surface area contributed by atoms with Crippen LogP contribution in [0.1, 0.15) is 17.5 Å². The molecule has 0 spiro atoms. The molecule has 4 heterocycles. The summed E-state index contributed by atoms with van der Waals surface area (Å²) in [4.78, 5) is 37.6. The fourth-order valence-electron chi connectivity index (χ4n) is 4.36. The molecule has 2 aliphatic heterocycles. The third-order valence-electron chi connectivity index (χ3n) is 5.94. The molecule has 12 heteroatoms. The first kappa shape index (κ1) is 21.3. The number of hydrogen-bond acceptors (Lipinski definition) is 9. The molecule has 2 aromatic rings. The second-order valence-electron chi connectivity index (χ2n) is 8.17. The molecule has 3 aliphatic rings. The molecule has 2 N–H and O–H groups in total. The summed E-state index contributed by atoms with van der Waals surface area (Å²) in [5, 5.41) is 5.95. The molecule has 5 rings (SSSR count). The van der Waals surface area contributed by atoms with Gasteiger partial charge in [-0.3, -0.25) is 9.69 Å². The van der Waals surface area contributed by atoms with Crippen molar-refractivity contribution in [2.75, 3.05) is 43.6 Å². The van der Waals surface area contributed by atoms with Crippen molar-refractivity contribution in [3.63, 3.8) is 0 Å². The lowest BCUT2D eigenvalue weighted by Crippen LogP contribution is -2.30. The van der Waals surface area contributed by atoms with Crippen LogP contribution in [-0.4, -0.2) is 66.4 Å². The third-order valence-corrected chi connectivity index (χ3v) is 5.94. The highest BCUT2D eigenvalue weighted by Gasteiger charge is 2.34. The first-order valence-corrected chi connectivity index (χ1v) is 10.7. The van der Waals surface area contributed by atoms with Gasteiger partial charge in [-0.25, -0.2) is 24.1 Å². The second-order valence-corrected chi connectivity index (χ2v) is 8.17. The Morgan fingerprint density at radius 3 is 2.97 bits per heavy atom. The van der Waals surface area contributed by atoms with Crippen LogP contribution in [0.2, 0.25) is 0 Å². The molecule has 1 saturated heterocycles. The molecule has 2 amide bonds. The zero-order valence-corrected chi connectivity index (χ0v) is 18.0. The van der Waals surface area contributed by atoms with Crippen LogP contribution < -0.4 is 25.0 Å². The van der Waals surface area contributed by atoms with Gasteiger partial charge in [0.25, 0.3) is 11.8 Å². The highest BCUT2D eigenvalue weighted by molar-refractivity contribution is 5.94. The summed E-state index contributed by atoms with van der Waals surface area (Å²) in [6.07, 6.45) is 3.75. The number of halogens is 1. The van der Waals surface area contributed by atoms with E-state index in [4.69, 9.17) is 14.2 Å². The van der Waals surface area contributed by atoms with Crippen LogP contribution >= 0.6 is 0 Å². The van der Waals surface area contributed by atoms with Gasteiger partial charge in [-0.15, -0.1) is 0 Å². The molecular weight excluding hydrogens is 435 g/mol. The van der Waals surface area contributed by atoms with Crippen LogP contribution in [0.3, 0.4) is 0 Å². The van der Waals surface area contributed by atoms with Gasteiger partial charge in [-0.2, -0.15) is 0 Å². The van der Waals surface area contributed by atoms with Crippen molar-refractivity contribution in [3.8, 4) is 11.8 Å². The van der Waals surface area contributed by atoms with Crippen molar-refractivity contribution >= 4 is 23.6 Å². The SMILES string of the molecule is COc1ncc(F)c2c1CC(CNCCC1CN(c3cnc4c(n3)NC(=O)CO4)C(=O)O1)C2. The van der Waals surface area contributed by atoms with Crippen LogP contribution in [0.4, 0.5) is 20.8 Å². The summed E-state index contributed by atoms with van der Waals surface area (Å²) in [6, 6.07) is 0. The summed E-state index contributed by atoms with van der Waals surface area (Å²) in [6.45, 7) is 1.55. The Kier molecular flexibility index (Phi) is 5.67. The number of carbonyl (C=O) groups excluding carboxylic acids is 2. The van der Waals surface area contributed by atoms with Crippen LogP contribution in [0, 0.1) is 11.7 Å². The average molecular weight is 458 g/mol. The molecule has 1 fully saturated rings. The molecule has 1 aliphatic carbocycles. The lowest BCUT2D eigenvalue weighted by molar-refractivity contribution is -0.118. The number of carbonyl (C=O) groups is 2. The predicted molar refractivity (Wildman–Crippen MR) is 113 cm³/mol. The minimum atomic E-state index is -0.515. The third kappa shape index (κ3) is 4.25. The number of rotatable bonds is 7. The predicted octanol–water partition coefficient (Wildman–Crippen LogP) is 1.07. The van der Waals surface area contributed by atoms with Gasteiger partial charge in [0.2, 0.25) is 5.88 Å². The average Bonchev–Trinajstić information content (AvgIpc) is 3.40. The minimum Gasteiger partial charge on any atom is -0.481 e. The van der Waals surface area contributed by atoms with Gasteiger partial charge in [0.05, 0.1) is 26.0 Å². The molecule has 33 heavy (non-hydrogen) atoms. The van der Waals surface area contributed by atoms with Crippen molar-refractivity contribution in [2.45, 2.75) is 25.4 Å². The van der Waals surface area contributed by atoms with E-state index in [-0.39, 0.29) is 47.9 Å². The molecule has 2 atom stereocenters. The normalized spacial score (nSPS) is 21.2. The van der Waals surface area contributed by atoms with Crippen molar-refractivity contribution < 1.29 is 28.2 Å². The molecule has 11 nitrogen and oxygen atoms in total. The maximum Gasteiger partial charge on any atom is 0.415 e. The molecule has 0 saturated carbocycles. The number of cyclic esters (lactones) is 1. The van der Waals surface area contributed by atoms with Crippen LogP contribution in [0.25, 0.3) is 0 Å². The molecule has 0 radical (unpaired) electrons. The van der Waals surface area contributed by atoms with Gasteiger partial charge >= 0.3 is 6.09 Å². The maximum absolute atomic E-state index is 14.1. The van der Waals surface area contributed by atoms with E-state index in [2.05, 4.69) is 25.6 Å². The lowest BCUT2D eigenvalue weighted by atomic mass is 10.1. The van der Waals surface area contributed by atoms with Crippen molar-refractivity contribution in [1.29, 1.82) is 0 Å². The van der Waals surface area contributed by atoms with Gasteiger partial charge in [0.1, 0.15) is 11.9 Å². The van der Waals surface area contributed by atoms with E-state index in [1.54, 1.807) is 0 Å². The highest BCUT2D eigenvalue weighted by atomic mass is 19.1. The van der Waals surface area contributed by atoms with Gasteiger partial charge < -0.3 is 24.8 Å². The van der Waals surface area contributed by atoms with Crippen molar-refractivity contribution in [1.82, 2.24) is 20.3 Å². The first-order valence-electron chi connectivity index (χ1n) is 10.7.